The molecule has 1 aliphatic heterocycles. The second kappa shape index (κ2) is 9.34. The number of fused-ring (bicyclic) bond motifs is 1. The Labute approximate surface area is 180 Å². The lowest BCUT2D eigenvalue weighted by Gasteiger charge is -2.30. The molecule has 1 heterocycles. The van der Waals surface area contributed by atoms with E-state index in [1.807, 2.05) is 47.3 Å². The Morgan fingerprint density at radius 3 is 2.88 bits per heavy atom. The normalized spacial score (nSPS) is 15.2. The van der Waals surface area contributed by atoms with Gasteiger partial charge in [0.05, 0.1) is 6.10 Å². The van der Waals surface area contributed by atoms with Crippen molar-refractivity contribution in [3.63, 3.8) is 0 Å². The number of carbonyl (C=O) groups is 1. The van der Waals surface area contributed by atoms with E-state index in [4.69, 9.17) is 3.07 Å². The smallest absolute Gasteiger partial charge is 0.251 e. The molecule has 3 rings (SSSR count). The van der Waals surface area contributed by atoms with Gasteiger partial charge in [0.2, 0.25) is 0 Å². The molecule has 0 saturated carbocycles. The summed E-state index contributed by atoms with van der Waals surface area (Å²) in [4.78, 5) is 14.4. The quantitative estimate of drug-likeness (QED) is 0.518. The number of carbonyl (C=O) groups excluding carboxylic acids is 1. The van der Waals surface area contributed by atoms with E-state index in [2.05, 4.69) is 44.9 Å². The molecule has 1 unspecified atom stereocenters. The number of aliphatic hydroxyl groups excluding tert-OH is 1. The zero-order chi connectivity index (χ0) is 18.5. The van der Waals surface area contributed by atoms with Crippen molar-refractivity contribution in [2.45, 2.75) is 19.1 Å². The van der Waals surface area contributed by atoms with Crippen molar-refractivity contribution in [1.29, 1.82) is 0 Å². The van der Waals surface area contributed by atoms with Gasteiger partial charge in [0, 0.05) is 35.3 Å². The van der Waals surface area contributed by atoms with E-state index in [1.165, 1.54) is 11.1 Å². The van der Waals surface area contributed by atoms with Crippen molar-refractivity contribution >= 4 is 51.5 Å². The number of nitrogens with zero attached hydrogens (tertiary/aromatic N) is 1. The number of halogens is 2. The van der Waals surface area contributed by atoms with Crippen LogP contribution in [0.15, 0.2) is 42.5 Å². The molecule has 1 amide bonds. The average Bonchev–Trinajstić information content (AvgIpc) is 2.65. The molecule has 5 nitrogen and oxygen atoms in total. The molecule has 0 aromatic heterocycles. The van der Waals surface area contributed by atoms with E-state index < -0.39 is 6.10 Å². The summed E-state index contributed by atoms with van der Waals surface area (Å²) in [5.74, 6) is 0.717. The van der Waals surface area contributed by atoms with Gasteiger partial charge >= 0.3 is 0 Å². The van der Waals surface area contributed by atoms with E-state index >= 15 is 0 Å². The molecule has 2 aromatic rings. The number of amides is 1. The first kappa shape index (κ1) is 19.8. The van der Waals surface area contributed by atoms with Crippen LogP contribution in [0.25, 0.3) is 0 Å². The van der Waals surface area contributed by atoms with Gasteiger partial charge in [0.15, 0.2) is 23.0 Å². The number of β-amino-alcohol motifs (C(OH)–C–C–N with tert-alkyl or cyclic N) is 1. The largest absolute Gasteiger partial charge is 0.428 e. The highest BCUT2D eigenvalue weighted by Crippen LogP contribution is 2.24. The van der Waals surface area contributed by atoms with Crippen LogP contribution in [0.2, 0.25) is 0 Å². The van der Waals surface area contributed by atoms with Crippen LogP contribution in [0.3, 0.4) is 0 Å². The van der Waals surface area contributed by atoms with Crippen LogP contribution in [0.5, 0.6) is 5.75 Å². The van der Waals surface area contributed by atoms with Crippen molar-refractivity contribution in [2.24, 2.45) is 0 Å². The fourth-order valence-electron chi connectivity index (χ4n) is 3.10. The summed E-state index contributed by atoms with van der Waals surface area (Å²) < 4.78 is 6.26. The summed E-state index contributed by atoms with van der Waals surface area (Å²) >= 11 is 4.07. The van der Waals surface area contributed by atoms with Crippen LogP contribution in [-0.2, 0) is 13.0 Å². The van der Waals surface area contributed by atoms with Crippen LogP contribution >= 0.6 is 45.6 Å². The van der Waals surface area contributed by atoms with Crippen molar-refractivity contribution < 1.29 is 13.0 Å². The van der Waals surface area contributed by atoms with Gasteiger partial charge in [-0.25, -0.2) is 0 Å². The molecule has 0 bridgehead atoms. The number of rotatable bonds is 6. The van der Waals surface area contributed by atoms with Gasteiger partial charge in [0.25, 0.3) is 5.91 Å². The molecule has 138 valence electrons. The van der Waals surface area contributed by atoms with E-state index in [-0.39, 0.29) is 12.5 Å². The molecule has 0 fully saturated rings. The maximum absolute atomic E-state index is 12.2. The molecular weight excluding hydrogens is 558 g/mol. The number of nitrogens with one attached hydrogen (secondary N) is 1. The molecule has 1 aliphatic rings. The third-order valence-corrected chi connectivity index (χ3v) is 5.59. The van der Waals surface area contributed by atoms with E-state index in [1.54, 1.807) is 6.07 Å². The molecule has 2 aromatic carbocycles. The summed E-state index contributed by atoms with van der Waals surface area (Å²) in [6.07, 6.45) is 0.338. The Morgan fingerprint density at radius 2 is 2.12 bits per heavy atom. The molecule has 0 saturated heterocycles. The lowest BCUT2D eigenvalue weighted by Crippen LogP contribution is -2.42. The van der Waals surface area contributed by atoms with Crippen molar-refractivity contribution in [2.75, 3.05) is 19.6 Å². The lowest BCUT2D eigenvalue weighted by molar-refractivity contribution is 0.0842. The average molecular weight is 578 g/mol. The standard InChI is InChI=1S/C19H20I2N2O3/c20-16-3-1-2-14(8-16)19(25)22-10-17(24)12-23-7-6-13-9-18(26-21)5-4-15(13)11-23/h1-5,8-9,17,24H,6-7,10-12H2,(H,22,25). The fraction of sp³-hybridized carbons (Fsp3) is 0.316. The molecule has 26 heavy (non-hydrogen) atoms. The summed E-state index contributed by atoms with van der Waals surface area (Å²) in [5, 5.41) is 13.1. The third-order valence-electron chi connectivity index (χ3n) is 4.41. The van der Waals surface area contributed by atoms with Gasteiger partial charge < -0.3 is 13.5 Å². The van der Waals surface area contributed by atoms with Gasteiger partial charge in [0.1, 0.15) is 5.75 Å². The van der Waals surface area contributed by atoms with Gasteiger partial charge in [-0.05, 0) is 70.5 Å². The Morgan fingerprint density at radius 1 is 1.27 bits per heavy atom. The second-order valence-corrected chi connectivity index (χ2v) is 8.05. The van der Waals surface area contributed by atoms with Crippen LogP contribution in [0.4, 0.5) is 0 Å². The van der Waals surface area contributed by atoms with E-state index in [0.29, 0.717) is 12.1 Å². The molecule has 2 N–H and O–H groups in total. The molecule has 1 atom stereocenters. The first-order valence-electron chi connectivity index (χ1n) is 8.39. The first-order chi connectivity index (χ1) is 12.5. The summed E-state index contributed by atoms with van der Waals surface area (Å²) in [5.41, 5.74) is 3.18. The zero-order valence-electron chi connectivity index (χ0n) is 14.1. The predicted molar refractivity (Wildman–Crippen MR) is 118 cm³/mol. The second-order valence-electron chi connectivity index (χ2n) is 6.37. The van der Waals surface area contributed by atoms with Crippen molar-refractivity contribution in [1.82, 2.24) is 10.2 Å². The summed E-state index contributed by atoms with van der Waals surface area (Å²) in [6, 6.07) is 13.5. The highest BCUT2D eigenvalue weighted by molar-refractivity contribution is 14.1. The minimum Gasteiger partial charge on any atom is -0.428 e. The first-order valence-corrected chi connectivity index (χ1v) is 10.4. The van der Waals surface area contributed by atoms with Gasteiger partial charge in [-0.15, -0.1) is 0 Å². The van der Waals surface area contributed by atoms with Crippen LogP contribution in [0, 0.1) is 3.57 Å². The monoisotopic (exact) mass is 578 g/mol. The van der Waals surface area contributed by atoms with Crippen molar-refractivity contribution in [3.8, 4) is 5.75 Å². The molecule has 0 aliphatic carbocycles. The van der Waals surface area contributed by atoms with Crippen LogP contribution in [0.1, 0.15) is 21.5 Å². The number of aliphatic hydroxyl groups is 1. The maximum atomic E-state index is 12.2. The number of hydrogen-bond donors (Lipinski definition) is 2. The summed E-state index contributed by atoms with van der Waals surface area (Å²) in [6.45, 7) is 2.48. The lowest BCUT2D eigenvalue weighted by atomic mass is 9.99. The van der Waals surface area contributed by atoms with Crippen LogP contribution < -0.4 is 8.38 Å². The minimum atomic E-state index is -0.597. The highest BCUT2D eigenvalue weighted by atomic mass is 127. The minimum absolute atomic E-state index is 0.155. The zero-order valence-corrected chi connectivity index (χ0v) is 18.4. The van der Waals surface area contributed by atoms with Gasteiger partial charge in [-0.2, -0.15) is 0 Å². The van der Waals surface area contributed by atoms with Crippen LogP contribution in [-0.4, -0.2) is 41.7 Å². The highest BCUT2D eigenvalue weighted by Gasteiger charge is 2.19. The Bertz CT molecular complexity index is 785. The Hall–Kier alpha value is -0.910. The topological polar surface area (TPSA) is 61.8 Å². The number of hydrogen-bond acceptors (Lipinski definition) is 4. The van der Waals surface area contributed by atoms with E-state index in [0.717, 1.165) is 28.8 Å². The predicted octanol–water partition coefficient (Wildman–Crippen LogP) is 3.17. The Kier molecular flexibility index (Phi) is 7.12. The van der Waals surface area contributed by atoms with Gasteiger partial charge in [-0.3, -0.25) is 9.69 Å². The molecule has 0 spiro atoms. The molecule has 0 radical (unpaired) electrons. The van der Waals surface area contributed by atoms with Crippen molar-refractivity contribution in [3.05, 3.63) is 62.7 Å². The SMILES string of the molecule is O=C(NCC(O)CN1CCc2cc(OI)ccc2C1)c1cccc(I)c1. The van der Waals surface area contributed by atoms with Gasteiger partial charge in [-0.1, -0.05) is 12.1 Å². The fourth-order valence-corrected chi connectivity index (χ4v) is 3.91. The molecule has 7 heteroatoms. The summed E-state index contributed by atoms with van der Waals surface area (Å²) in [7, 11) is 0. The maximum Gasteiger partial charge on any atom is 0.251 e. The third kappa shape index (κ3) is 5.30. The number of benzene rings is 2. The van der Waals surface area contributed by atoms with E-state index in [9.17, 15) is 9.90 Å². The Balaban J connectivity index is 1.49. The molecular formula is C19H20I2N2O3.